The van der Waals surface area contributed by atoms with Crippen molar-refractivity contribution in [3.8, 4) is 11.1 Å². The van der Waals surface area contributed by atoms with Crippen LogP contribution in [0.25, 0.3) is 22.0 Å². The number of carbonyl (C=O) groups excluding carboxylic acids is 1. The highest BCUT2D eigenvalue weighted by molar-refractivity contribution is 5.86. The van der Waals surface area contributed by atoms with Crippen molar-refractivity contribution in [1.82, 2.24) is 25.1 Å². The van der Waals surface area contributed by atoms with Gasteiger partial charge in [0.05, 0.1) is 18.1 Å². The van der Waals surface area contributed by atoms with Gasteiger partial charge >= 0.3 is 0 Å². The number of hydrogen-bond donors (Lipinski definition) is 1. The molecule has 0 spiro atoms. The lowest BCUT2D eigenvalue weighted by atomic mass is 9.96. The van der Waals surface area contributed by atoms with Crippen LogP contribution in [0, 0.1) is 5.92 Å². The first-order valence-electron chi connectivity index (χ1n) is 7.67. The number of fused-ring (bicyclic) bond motifs is 1. The van der Waals surface area contributed by atoms with Crippen molar-refractivity contribution in [3.63, 3.8) is 0 Å². The minimum atomic E-state index is 0.121. The molecule has 0 aliphatic carbocycles. The molecule has 0 amide bonds. The number of hydrogen-bond acceptors (Lipinski definition) is 5. The highest BCUT2D eigenvalue weighted by Crippen LogP contribution is 2.23. The van der Waals surface area contributed by atoms with E-state index in [-0.39, 0.29) is 11.7 Å². The molecule has 6 heteroatoms. The molecule has 23 heavy (non-hydrogen) atoms. The first-order valence-corrected chi connectivity index (χ1v) is 7.67. The predicted octanol–water partition coefficient (Wildman–Crippen LogP) is 1.36. The molecule has 0 atom stereocenters. The van der Waals surface area contributed by atoms with Crippen molar-refractivity contribution in [1.29, 1.82) is 0 Å². The second kappa shape index (κ2) is 5.55. The van der Waals surface area contributed by atoms with E-state index in [1.807, 2.05) is 37.6 Å². The van der Waals surface area contributed by atoms with Gasteiger partial charge in [0.15, 0.2) is 0 Å². The standard InChI is InChI=1S/C17H17N5O/c1-22-10-14(9-20-22)11-2-3-12-8-19-17(21-15(12)4-11)5-16(23)13-6-18-7-13/h2-4,8-10,13,18H,5-7H2,1H3. The first-order chi connectivity index (χ1) is 11.2. The summed E-state index contributed by atoms with van der Waals surface area (Å²) in [6, 6.07) is 6.06. The Morgan fingerprint density at radius 2 is 2.17 bits per heavy atom. The highest BCUT2D eigenvalue weighted by Gasteiger charge is 2.25. The average molecular weight is 307 g/mol. The Bertz CT molecular complexity index is 882. The van der Waals surface area contributed by atoms with Crippen LogP contribution in [-0.4, -0.2) is 38.6 Å². The van der Waals surface area contributed by atoms with E-state index in [0.29, 0.717) is 12.2 Å². The zero-order valence-corrected chi connectivity index (χ0v) is 12.9. The topological polar surface area (TPSA) is 72.7 Å². The van der Waals surface area contributed by atoms with Crippen LogP contribution in [0.1, 0.15) is 5.82 Å². The molecule has 3 heterocycles. The summed E-state index contributed by atoms with van der Waals surface area (Å²) in [6.07, 6.45) is 5.89. The summed E-state index contributed by atoms with van der Waals surface area (Å²) < 4.78 is 1.77. The molecule has 0 unspecified atom stereocenters. The van der Waals surface area contributed by atoms with Gasteiger partial charge in [-0.1, -0.05) is 12.1 Å². The summed E-state index contributed by atoms with van der Waals surface area (Å²) in [7, 11) is 1.89. The number of Topliss-reactive ketones (excluding diaryl/α,β-unsaturated/α-hetero) is 1. The van der Waals surface area contributed by atoms with Gasteiger partial charge in [-0.25, -0.2) is 9.97 Å². The van der Waals surface area contributed by atoms with Gasteiger partial charge in [-0.15, -0.1) is 0 Å². The normalized spacial score (nSPS) is 14.8. The van der Waals surface area contributed by atoms with E-state index in [0.717, 1.165) is 35.1 Å². The van der Waals surface area contributed by atoms with E-state index < -0.39 is 0 Å². The van der Waals surface area contributed by atoms with Crippen LogP contribution in [0.4, 0.5) is 0 Å². The second-order valence-electron chi connectivity index (χ2n) is 5.96. The van der Waals surface area contributed by atoms with Gasteiger partial charge in [0.1, 0.15) is 11.6 Å². The molecular formula is C17H17N5O. The molecule has 0 saturated carbocycles. The number of rotatable bonds is 4. The quantitative estimate of drug-likeness (QED) is 0.788. The van der Waals surface area contributed by atoms with Gasteiger partial charge in [0, 0.05) is 49.4 Å². The number of aryl methyl sites for hydroxylation is 1. The molecule has 2 aromatic heterocycles. The largest absolute Gasteiger partial charge is 0.315 e. The van der Waals surface area contributed by atoms with Crippen molar-refractivity contribution < 1.29 is 4.79 Å². The molecular weight excluding hydrogens is 290 g/mol. The van der Waals surface area contributed by atoms with Crippen molar-refractivity contribution in [2.75, 3.05) is 13.1 Å². The maximum Gasteiger partial charge on any atom is 0.146 e. The van der Waals surface area contributed by atoms with E-state index in [9.17, 15) is 4.79 Å². The molecule has 1 aromatic carbocycles. The molecule has 0 bridgehead atoms. The number of nitrogens with one attached hydrogen (secondary N) is 1. The summed E-state index contributed by atoms with van der Waals surface area (Å²) in [5, 5.41) is 8.29. The van der Waals surface area contributed by atoms with E-state index in [1.54, 1.807) is 10.9 Å². The van der Waals surface area contributed by atoms with E-state index >= 15 is 0 Å². The molecule has 1 fully saturated rings. The molecule has 1 aliphatic rings. The van der Waals surface area contributed by atoms with Crippen LogP contribution in [0.2, 0.25) is 0 Å². The Morgan fingerprint density at radius 1 is 1.30 bits per heavy atom. The van der Waals surface area contributed by atoms with Crippen molar-refractivity contribution in [2.45, 2.75) is 6.42 Å². The third-order valence-corrected chi connectivity index (χ3v) is 4.24. The van der Waals surface area contributed by atoms with Gasteiger partial charge in [-0.05, 0) is 11.6 Å². The fraction of sp³-hybridized carbons (Fsp3) is 0.294. The first kappa shape index (κ1) is 14.0. The van der Waals surface area contributed by atoms with Gasteiger partial charge in [0.2, 0.25) is 0 Å². The fourth-order valence-electron chi connectivity index (χ4n) is 2.71. The van der Waals surface area contributed by atoms with Crippen LogP contribution < -0.4 is 5.32 Å². The summed E-state index contributed by atoms with van der Waals surface area (Å²) in [4.78, 5) is 21.0. The zero-order valence-electron chi connectivity index (χ0n) is 12.9. The lowest BCUT2D eigenvalue weighted by Crippen LogP contribution is -2.47. The predicted molar refractivity (Wildman–Crippen MR) is 86.8 cm³/mol. The second-order valence-corrected chi connectivity index (χ2v) is 5.96. The molecule has 6 nitrogen and oxygen atoms in total. The minimum Gasteiger partial charge on any atom is -0.315 e. The summed E-state index contributed by atoms with van der Waals surface area (Å²) in [5.74, 6) is 0.931. The Morgan fingerprint density at radius 3 is 2.87 bits per heavy atom. The maximum absolute atomic E-state index is 12.1. The van der Waals surface area contributed by atoms with Crippen LogP contribution in [-0.2, 0) is 18.3 Å². The van der Waals surface area contributed by atoms with Crippen molar-refractivity contribution >= 4 is 16.7 Å². The SMILES string of the molecule is Cn1cc(-c2ccc3cnc(CC(=O)C4CNC4)nc3c2)cn1. The number of nitrogens with zero attached hydrogens (tertiary/aromatic N) is 4. The third kappa shape index (κ3) is 2.73. The van der Waals surface area contributed by atoms with Gasteiger partial charge < -0.3 is 5.32 Å². The van der Waals surface area contributed by atoms with Crippen molar-refractivity contribution in [2.24, 2.45) is 13.0 Å². The lowest BCUT2D eigenvalue weighted by Gasteiger charge is -2.25. The van der Waals surface area contributed by atoms with Crippen LogP contribution in [0.5, 0.6) is 0 Å². The maximum atomic E-state index is 12.1. The van der Waals surface area contributed by atoms with Crippen LogP contribution in [0.3, 0.4) is 0 Å². The highest BCUT2D eigenvalue weighted by atomic mass is 16.1. The number of ketones is 1. The third-order valence-electron chi connectivity index (χ3n) is 4.24. The van der Waals surface area contributed by atoms with E-state index in [2.05, 4.69) is 20.4 Å². The molecule has 1 aliphatic heterocycles. The Labute approximate surface area is 133 Å². The zero-order chi connectivity index (χ0) is 15.8. The number of carbonyl (C=O) groups is 1. The summed E-state index contributed by atoms with van der Waals surface area (Å²) in [5.41, 5.74) is 2.96. The fourth-order valence-corrected chi connectivity index (χ4v) is 2.71. The Hall–Kier alpha value is -2.60. The van der Waals surface area contributed by atoms with Crippen molar-refractivity contribution in [3.05, 3.63) is 42.6 Å². The lowest BCUT2D eigenvalue weighted by molar-refractivity contribution is -0.123. The minimum absolute atomic E-state index is 0.121. The van der Waals surface area contributed by atoms with Gasteiger partial charge in [-0.3, -0.25) is 9.48 Å². The monoisotopic (exact) mass is 307 g/mol. The van der Waals surface area contributed by atoms with Gasteiger partial charge in [-0.2, -0.15) is 5.10 Å². The number of benzene rings is 1. The molecule has 4 rings (SSSR count). The molecule has 116 valence electrons. The Kier molecular flexibility index (Phi) is 3.38. The summed E-state index contributed by atoms with van der Waals surface area (Å²) in [6.45, 7) is 1.55. The molecule has 1 N–H and O–H groups in total. The van der Waals surface area contributed by atoms with Crippen LogP contribution >= 0.6 is 0 Å². The van der Waals surface area contributed by atoms with Crippen LogP contribution in [0.15, 0.2) is 36.8 Å². The van der Waals surface area contributed by atoms with E-state index in [1.165, 1.54) is 0 Å². The molecule has 0 radical (unpaired) electrons. The summed E-state index contributed by atoms with van der Waals surface area (Å²) >= 11 is 0. The smallest absolute Gasteiger partial charge is 0.146 e. The van der Waals surface area contributed by atoms with Gasteiger partial charge in [0.25, 0.3) is 0 Å². The number of aromatic nitrogens is 4. The molecule has 3 aromatic rings. The Balaban J connectivity index is 1.65. The molecule has 1 saturated heterocycles. The van der Waals surface area contributed by atoms with E-state index in [4.69, 9.17) is 0 Å². The average Bonchev–Trinajstić information content (AvgIpc) is 2.91.